The maximum atomic E-state index is 13.0. The van der Waals surface area contributed by atoms with Gasteiger partial charge in [0.25, 0.3) is 0 Å². The molecule has 0 spiro atoms. The van der Waals surface area contributed by atoms with Gasteiger partial charge in [0.05, 0.1) is 12.5 Å². The predicted octanol–water partition coefficient (Wildman–Crippen LogP) is 1.69. The van der Waals surface area contributed by atoms with Crippen molar-refractivity contribution in [2.75, 3.05) is 7.11 Å². The fourth-order valence-electron chi connectivity index (χ4n) is 1.58. The Hall–Kier alpha value is -0.600. The van der Waals surface area contributed by atoms with Crippen molar-refractivity contribution in [3.8, 4) is 0 Å². The number of hydrogen-bond donors (Lipinski definition) is 0. The molecule has 0 radical (unpaired) electrons. The van der Waals surface area contributed by atoms with E-state index in [0.717, 1.165) is 0 Å². The van der Waals surface area contributed by atoms with Crippen LogP contribution in [0.4, 0.5) is 4.39 Å². The summed E-state index contributed by atoms with van der Waals surface area (Å²) in [6.45, 7) is 1.82. The van der Waals surface area contributed by atoms with Crippen LogP contribution in [0.5, 0.6) is 0 Å². The summed E-state index contributed by atoms with van der Waals surface area (Å²) in [5.74, 6) is -0.390. The molecular weight excluding hydrogens is 147 g/mol. The van der Waals surface area contributed by atoms with Gasteiger partial charge in [0, 0.05) is 0 Å². The van der Waals surface area contributed by atoms with E-state index in [0.29, 0.717) is 19.3 Å². The second-order valence-electron chi connectivity index (χ2n) is 3.01. The molecule has 0 aromatic heterocycles. The van der Waals surface area contributed by atoms with E-state index in [-0.39, 0.29) is 0 Å². The molecule has 1 saturated carbocycles. The van der Waals surface area contributed by atoms with Crippen molar-refractivity contribution in [3.63, 3.8) is 0 Å². The molecule has 0 saturated heterocycles. The molecule has 2 atom stereocenters. The van der Waals surface area contributed by atoms with E-state index in [1.807, 2.05) is 6.92 Å². The Morgan fingerprint density at radius 1 is 1.82 bits per heavy atom. The van der Waals surface area contributed by atoms with Crippen LogP contribution in [0.1, 0.15) is 26.2 Å². The molecule has 0 bridgehead atoms. The Balaban J connectivity index is 2.68. The van der Waals surface area contributed by atoms with Gasteiger partial charge in [-0.15, -0.1) is 0 Å². The molecule has 1 fully saturated rings. The summed E-state index contributed by atoms with van der Waals surface area (Å²) in [5, 5.41) is 0. The number of methoxy groups -OCH3 is 1. The van der Waals surface area contributed by atoms with Gasteiger partial charge in [0.2, 0.25) is 0 Å². The number of halogens is 1. The Kier molecular flexibility index (Phi) is 2.16. The molecule has 0 aromatic carbocycles. The molecule has 11 heavy (non-hydrogen) atoms. The van der Waals surface area contributed by atoms with Crippen molar-refractivity contribution in [2.24, 2.45) is 5.41 Å². The van der Waals surface area contributed by atoms with Crippen LogP contribution < -0.4 is 0 Å². The van der Waals surface area contributed by atoms with Gasteiger partial charge in [-0.1, -0.05) is 6.92 Å². The SMILES string of the molecule is CCC1(C(=O)OC)CCC1F. The minimum Gasteiger partial charge on any atom is -0.469 e. The third kappa shape index (κ3) is 1.03. The van der Waals surface area contributed by atoms with Crippen LogP contribution in [0.15, 0.2) is 0 Å². The maximum Gasteiger partial charge on any atom is 0.314 e. The first-order chi connectivity index (χ1) is 5.17. The Bertz CT molecular complexity index is 165. The highest BCUT2D eigenvalue weighted by Crippen LogP contribution is 2.46. The Morgan fingerprint density at radius 2 is 2.45 bits per heavy atom. The second-order valence-corrected chi connectivity index (χ2v) is 3.01. The fraction of sp³-hybridized carbons (Fsp3) is 0.875. The van der Waals surface area contributed by atoms with Gasteiger partial charge in [-0.3, -0.25) is 4.79 Å². The number of carbonyl (C=O) groups is 1. The van der Waals surface area contributed by atoms with Crippen LogP contribution in [-0.4, -0.2) is 19.3 Å². The predicted molar refractivity (Wildman–Crippen MR) is 38.9 cm³/mol. The van der Waals surface area contributed by atoms with Gasteiger partial charge in [0.1, 0.15) is 6.17 Å². The monoisotopic (exact) mass is 160 g/mol. The van der Waals surface area contributed by atoms with E-state index < -0.39 is 17.6 Å². The molecule has 1 aliphatic carbocycles. The summed E-state index contributed by atoms with van der Waals surface area (Å²) in [6, 6.07) is 0. The van der Waals surface area contributed by atoms with Crippen LogP contribution in [-0.2, 0) is 9.53 Å². The third-order valence-electron chi connectivity index (χ3n) is 2.67. The summed E-state index contributed by atoms with van der Waals surface area (Å²) in [4.78, 5) is 11.1. The summed E-state index contributed by atoms with van der Waals surface area (Å²) in [7, 11) is 1.31. The van der Waals surface area contributed by atoms with Crippen molar-refractivity contribution >= 4 is 5.97 Å². The number of esters is 1. The zero-order valence-electron chi connectivity index (χ0n) is 6.89. The van der Waals surface area contributed by atoms with Crippen molar-refractivity contribution in [1.29, 1.82) is 0 Å². The molecular formula is C8H13FO2. The first-order valence-electron chi connectivity index (χ1n) is 3.90. The fourth-order valence-corrected chi connectivity index (χ4v) is 1.58. The molecule has 2 nitrogen and oxygen atoms in total. The van der Waals surface area contributed by atoms with Crippen LogP contribution in [0, 0.1) is 5.41 Å². The largest absolute Gasteiger partial charge is 0.469 e. The van der Waals surface area contributed by atoms with Crippen LogP contribution >= 0.6 is 0 Å². The van der Waals surface area contributed by atoms with Crippen LogP contribution in [0.3, 0.4) is 0 Å². The highest BCUT2D eigenvalue weighted by molar-refractivity contribution is 5.78. The van der Waals surface area contributed by atoms with Crippen LogP contribution in [0.2, 0.25) is 0 Å². The molecule has 1 rings (SSSR count). The zero-order chi connectivity index (χ0) is 8.48. The summed E-state index contributed by atoms with van der Waals surface area (Å²) < 4.78 is 17.5. The van der Waals surface area contributed by atoms with Crippen LogP contribution in [0.25, 0.3) is 0 Å². The standard InChI is InChI=1S/C8H13FO2/c1-3-8(7(10)11-2)5-4-6(8)9/h6H,3-5H2,1-2H3. The van der Waals surface area contributed by atoms with Crippen molar-refractivity contribution in [3.05, 3.63) is 0 Å². The normalized spacial score (nSPS) is 36.1. The third-order valence-corrected chi connectivity index (χ3v) is 2.67. The highest BCUT2D eigenvalue weighted by atomic mass is 19.1. The summed E-state index contributed by atoms with van der Waals surface area (Å²) >= 11 is 0. The number of alkyl halides is 1. The molecule has 0 aliphatic heterocycles. The first kappa shape index (κ1) is 8.50. The number of rotatable bonds is 2. The lowest BCUT2D eigenvalue weighted by atomic mass is 9.65. The smallest absolute Gasteiger partial charge is 0.314 e. The zero-order valence-corrected chi connectivity index (χ0v) is 6.89. The number of hydrogen-bond acceptors (Lipinski definition) is 2. The van der Waals surface area contributed by atoms with Gasteiger partial charge in [0.15, 0.2) is 0 Å². The first-order valence-corrected chi connectivity index (χ1v) is 3.90. The molecule has 0 N–H and O–H groups in total. The molecule has 0 amide bonds. The Labute approximate surface area is 65.7 Å². The maximum absolute atomic E-state index is 13.0. The number of carbonyl (C=O) groups excluding carboxylic acids is 1. The minimum absolute atomic E-state index is 0.390. The lowest BCUT2D eigenvalue weighted by Gasteiger charge is -2.41. The van der Waals surface area contributed by atoms with Gasteiger partial charge in [-0.2, -0.15) is 0 Å². The van der Waals surface area contributed by atoms with E-state index in [9.17, 15) is 9.18 Å². The van der Waals surface area contributed by atoms with Gasteiger partial charge < -0.3 is 4.74 Å². The van der Waals surface area contributed by atoms with Gasteiger partial charge in [-0.25, -0.2) is 4.39 Å². The lowest BCUT2D eigenvalue weighted by Crippen LogP contribution is -2.48. The Morgan fingerprint density at radius 3 is 2.55 bits per heavy atom. The molecule has 0 heterocycles. The van der Waals surface area contributed by atoms with Crippen molar-refractivity contribution in [1.82, 2.24) is 0 Å². The average molecular weight is 160 g/mol. The second kappa shape index (κ2) is 2.80. The minimum atomic E-state index is -0.986. The topological polar surface area (TPSA) is 26.3 Å². The number of ether oxygens (including phenoxy) is 1. The average Bonchev–Trinajstić information content (AvgIpc) is 2.03. The summed E-state index contributed by atoms with van der Waals surface area (Å²) in [6.07, 6.45) is 0.696. The highest BCUT2D eigenvalue weighted by Gasteiger charge is 2.52. The van der Waals surface area contributed by atoms with E-state index >= 15 is 0 Å². The molecule has 0 aromatic rings. The molecule has 2 unspecified atom stereocenters. The lowest BCUT2D eigenvalue weighted by molar-refractivity contribution is -0.166. The molecule has 3 heteroatoms. The van der Waals surface area contributed by atoms with Gasteiger partial charge >= 0.3 is 5.97 Å². The molecule has 64 valence electrons. The van der Waals surface area contributed by atoms with Gasteiger partial charge in [-0.05, 0) is 19.3 Å². The van der Waals surface area contributed by atoms with E-state index in [1.165, 1.54) is 7.11 Å². The van der Waals surface area contributed by atoms with E-state index in [2.05, 4.69) is 4.74 Å². The van der Waals surface area contributed by atoms with E-state index in [1.54, 1.807) is 0 Å². The van der Waals surface area contributed by atoms with E-state index in [4.69, 9.17) is 0 Å². The molecule has 1 aliphatic rings. The quantitative estimate of drug-likeness (QED) is 0.574. The summed E-state index contributed by atoms with van der Waals surface area (Å²) in [5.41, 5.74) is -0.797. The van der Waals surface area contributed by atoms with Crippen molar-refractivity contribution in [2.45, 2.75) is 32.4 Å². The van der Waals surface area contributed by atoms with Crippen molar-refractivity contribution < 1.29 is 13.9 Å².